The van der Waals surface area contributed by atoms with E-state index < -0.39 is 6.29 Å². The van der Waals surface area contributed by atoms with Gasteiger partial charge in [0.25, 0.3) is 5.96 Å². The third kappa shape index (κ3) is 5.20. The number of fused-ring (bicyclic) bond motifs is 1. The Balaban J connectivity index is 1.86. The summed E-state index contributed by atoms with van der Waals surface area (Å²) in [5, 5.41) is 13.2. The first kappa shape index (κ1) is 22.3. The van der Waals surface area contributed by atoms with E-state index in [0.717, 1.165) is 22.0 Å². The molecule has 1 atom stereocenters. The first-order valence-corrected chi connectivity index (χ1v) is 10.5. The monoisotopic (exact) mass is 466 g/mol. The smallest absolute Gasteiger partial charge is 0.287 e. The molecule has 0 radical (unpaired) electrons. The molecule has 2 aromatic carbocycles. The van der Waals surface area contributed by atoms with E-state index in [4.69, 9.17) is 45.0 Å². The maximum Gasteiger partial charge on any atom is 0.287 e. The summed E-state index contributed by atoms with van der Waals surface area (Å²) in [5.41, 5.74) is 14.8. The van der Waals surface area contributed by atoms with Crippen LogP contribution in [0.3, 0.4) is 0 Å². The van der Waals surface area contributed by atoms with Crippen LogP contribution in [-0.2, 0) is 0 Å². The van der Waals surface area contributed by atoms with Gasteiger partial charge in [0.15, 0.2) is 6.29 Å². The standard InChI is InChI=1S/C18H20Cl2N8OS/c1-18(2)8-30-14-5-9(3-4-13(14)29-18)15-11(19)6-10(7-12(15)20)24-16(21)25-17(26-22)27-28-23/h3-7,16,22,24H,8,21H2,1-2H3,(H2,23,25,27). The molecule has 0 bridgehead atoms. The zero-order chi connectivity index (χ0) is 21.9. The van der Waals surface area contributed by atoms with Crippen LogP contribution in [-0.4, -0.2) is 23.6 Å². The van der Waals surface area contributed by atoms with E-state index >= 15 is 0 Å². The summed E-state index contributed by atoms with van der Waals surface area (Å²) in [7, 11) is 0. The van der Waals surface area contributed by atoms with Gasteiger partial charge >= 0.3 is 0 Å². The van der Waals surface area contributed by atoms with Gasteiger partial charge in [-0.25, -0.2) is 10.5 Å². The van der Waals surface area contributed by atoms with Gasteiger partial charge in [-0.15, -0.1) is 16.9 Å². The topological polar surface area (TPSA) is 147 Å². The van der Waals surface area contributed by atoms with Gasteiger partial charge in [-0.3, -0.25) is 5.73 Å². The molecule has 0 amide bonds. The molecule has 0 saturated heterocycles. The number of nitrogens with one attached hydrogen (secondary N) is 2. The third-order valence-corrected chi connectivity index (χ3v) is 6.12. The number of hydrogen-bond donors (Lipinski definition) is 4. The minimum Gasteiger partial charge on any atom is -0.486 e. The lowest BCUT2D eigenvalue weighted by Gasteiger charge is -2.32. The van der Waals surface area contributed by atoms with Crippen molar-refractivity contribution in [2.24, 2.45) is 32.0 Å². The van der Waals surface area contributed by atoms with Gasteiger partial charge in [-0.1, -0.05) is 39.6 Å². The molecule has 0 spiro atoms. The van der Waals surface area contributed by atoms with E-state index in [9.17, 15) is 0 Å². The van der Waals surface area contributed by atoms with Crippen LogP contribution in [0.25, 0.3) is 11.1 Å². The molecular weight excluding hydrogens is 447 g/mol. The van der Waals surface area contributed by atoms with Gasteiger partial charge < -0.3 is 15.9 Å². The molecule has 1 aliphatic heterocycles. The molecule has 0 aliphatic carbocycles. The van der Waals surface area contributed by atoms with Crippen LogP contribution in [0, 0.1) is 5.53 Å². The average molecular weight is 467 g/mol. The van der Waals surface area contributed by atoms with Crippen molar-refractivity contribution in [3.8, 4) is 16.9 Å². The Morgan fingerprint density at radius 1 is 1.27 bits per heavy atom. The number of nitrogens with two attached hydrogens (primary N) is 2. The first-order chi connectivity index (χ1) is 14.2. The van der Waals surface area contributed by atoms with Crippen molar-refractivity contribution in [1.82, 2.24) is 0 Å². The summed E-state index contributed by atoms with van der Waals surface area (Å²) in [5.74, 6) is 6.35. The fourth-order valence-electron chi connectivity index (χ4n) is 2.83. The quantitative estimate of drug-likeness (QED) is 0.120. The summed E-state index contributed by atoms with van der Waals surface area (Å²) in [6.45, 7) is 4.12. The van der Waals surface area contributed by atoms with Crippen molar-refractivity contribution in [2.75, 3.05) is 11.1 Å². The molecule has 12 heteroatoms. The second kappa shape index (κ2) is 9.17. The Morgan fingerprint density at radius 3 is 2.60 bits per heavy atom. The van der Waals surface area contributed by atoms with Crippen molar-refractivity contribution in [3.63, 3.8) is 0 Å². The number of anilines is 1. The zero-order valence-corrected chi connectivity index (χ0v) is 18.5. The summed E-state index contributed by atoms with van der Waals surface area (Å²) >= 11 is 14.8. The lowest BCUT2D eigenvalue weighted by Crippen LogP contribution is -2.33. The summed E-state index contributed by atoms with van der Waals surface area (Å²) in [6, 6.07) is 9.25. The molecule has 1 heterocycles. The number of aliphatic imine (C=N–C) groups is 1. The minimum absolute atomic E-state index is 0.207. The lowest BCUT2D eigenvalue weighted by atomic mass is 10.0. The number of thioether (sulfide) groups is 1. The fourth-order valence-corrected chi connectivity index (χ4v) is 4.56. The number of benzene rings is 2. The molecule has 30 heavy (non-hydrogen) atoms. The molecule has 9 nitrogen and oxygen atoms in total. The van der Waals surface area contributed by atoms with E-state index in [0.29, 0.717) is 21.3 Å². The van der Waals surface area contributed by atoms with Gasteiger partial charge in [0.05, 0.1) is 14.9 Å². The van der Waals surface area contributed by atoms with Crippen molar-refractivity contribution < 1.29 is 4.74 Å². The summed E-state index contributed by atoms with van der Waals surface area (Å²) in [6.07, 6.45) is -0.960. The number of nitrogens with zero attached hydrogens (tertiary/aromatic N) is 4. The molecule has 6 N–H and O–H groups in total. The van der Waals surface area contributed by atoms with Crippen molar-refractivity contribution in [2.45, 2.75) is 30.6 Å². The highest BCUT2D eigenvalue weighted by Crippen LogP contribution is 2.44. The van der Waals surface area contributed by atoms with E-state index in [1.807, 2.05) is 18.2 Å². The molecule has 1 aliphatic rings. The molecular formula is C18H20Cl2N8OS. The fraction of sp³-hybridized carbons (Fsp3) is 0.278. The van der Waals surface area contributed by atoms with E-state index in [2.05, 4.69) is 39.6 Å². The number of hydrogen-bond acceptors (Lipinski definition) is 7. The maximum absolute atomic E-state index is 6.96. The third-order valence-electron chi connectivity index (χ3n) is 4.05. The largest absolute Gasteiger partial charge is 0.486 e. The molecule has 3 rings (SSSR count). The molecule has 0 aromatic heterocycles. The predicted octanol–water partition coefficient (Wildman–Crippen LogP) is 5.29. The van der Waals surface area contributed by atoms with Gasteiger partial charge in [0, 0.05) is 17.0 Å². The second-order valence-electron chi connectivity index (χ2n) is 6.97. The average Bonchev–Trinajstić information content (AvgIpc) is 2.66. The van der Waals surface area contributed by atoms with E-state index in [1.54, 1.807) is 23.9 Å². The van der Waals surface area contributed by atoms with Crippen LogP contribution >= 0.6 is 35.0 Å². The van der Waals surface area contributed by atoms with Crippen molar-refractivity contribution >= 4 is 46.6 Å². The Morgan fingerprint density at radius 2 is 1.97 bits per heavy atom. The van der Waals surface area contributed by atoms with Gasteiger partial charge in [0.2, 0.25) is 0 Å². The maximum atomic E-state index is 6.96. The van der Waals surface area contributed by atoms with Gasteiger partial charge in [0.1, 0.15) is 11.4 Å². The Hall–Kier alpha value is -2.40. The molecule has 158 valence electrons. The highest BCUT2D eigenvalue weighted by Gasteiger charge is 2.27. The van der Waals surface area contributed by atoms with Crippen molar-refractivity contribution in [1.29, 1.82) is 5.53 Å². The molecule has 0 saturated carbocycles. The lowest BCUT2D eigenvalue weighted by molar-refractivity contribution is 0.127. The normalized spacial score (nSPS) is 16.6. The summed E-state index contributed by atoms with van der Waals surface area (Å²) in [4.78, 5) is 4.91. The SMILES string of the molecule is CC1(C)CSc2cc(-c3c(Cl)cc(NC(N)N=C(N=N)N=NN)cc3Cl)ccc2O1. The van der Waals surface area contributed by atoms with E-state index in [1.165, 1.54) is 0 Å². The highest BCUT2D eigenvalue weighted by molar-refractivity contribution is 7.99. The van der Waals surface area contributed by atoms with Crippen LogP contribution in [0.15, 0.2) is 55.7 Å². The van der Waals surface area contributed by atoms with Gasteiger partial charge in [-0.05, 0) is 43.7 Å². The molecule has 0 fully saturated rings. The van der Waals surface area contributed by atoms with Crippen LogP contribution < -0.4 is 21.6 Å². The number of guanidine groups is 1. The second-order valence-corrected chi connectivity index (χ2v) is 8.80. The molecule has 1 unspecified atom stereocenters. The van der Waals surface area contributed by atoms with Crippen LogP contribution in [0.1, 0.15) is 13.8 Å². The number of halogens is 2. The first-order valence-electron chi connectivity index (χ1n) is 8.76. The van der Waals surface area contributed by atoms with Crippen LogP contribution in [0.2, 0.25) is 10.0 Å². The predicted molar refractivity (Wildman–Crippen MR) is 121 cm³/mol. The Bertz CT molecular complexity index is 1000. The van der Waals surface area contributed by atoms with Crippen LogP contribution in [0.4, 0.5) is 5.69 Å². The minimum atomic E-state index is -0.960. The number of rotatable bonds is 4. The Labute approximate surface area is 187 Å². The highest BCUT2D eigenvalue weighted by atomic mass is 35.5. The Kier molecular flexibility index (Phi) is 6.81. The number of ether oxygens (including phenoxy) is 1. The zero-order valence-electron chi connectivity index (χ0n) is 16.2. The van der Waals surface area contributed by atoms with Crippen molar-refractivity contribution in [3.05, 3.63) is 40.4 Å². The molecule has 2 aromatic rings. The van der Waals surface area contributed by atoms with E-state index in [-0.39, 0.29) is 11.6 Å². The van der Waals surface area contributed by atoms with Crippen LogP contribution in [0.5, 0.6) is 5.75 Å². The summed E-state index contributed by atoms with van der Waals surface area (Å²) < 4.78 is 6.03. The van der Waals surface area contributed by atoms with Gasteiger partial charge in [-0.2, -0.15) is 0 Å².